The molecule has 1 N–H and O–H groups in total. The number of halogens is 1. The number of aromatic amines is 1. The van der Waals surface area contributed by atoms with Crippen LogP contribution in [0.15, 0.2) is 27.5 Å². The second-order valence-electron chi connectivity index (χ2n) is 3.47. The number of fused-ring (bicyclic) bond motifs is 1. The number of esters is 1. The molecule has 0 amide bonds. The zero-order valence-corrected chi connectivity index (χ0v) is 10.9. The Bertz CT molecular complexity index is 743. The minimum atomic E-state index is -0.673. The Kier molecular flexibility index (Phi) is 3.17. The zero-order valence-electron chi connectivity index (χ0n) is 9.28. The average Bonchev–Trinajstić information content (AvgIpc) is 2.41. The van der Waals surface area contributed by atoms with E-state index in [9.17, 15) is 9.59 Å². The standard InChI is InChI=1S/C12H7BrN2O3/c1-18-12(17)10-8(13)11(16)7-4-2-3-6(5-14)9(7)15-10/h2-4H,1H3,(H,15,16). The van der Waals surface area contributed by atoms with Crippen molar-refractivity contribution in [3.8, 4) is 6.07 Å². The SMILES string of the molecule is COC(=O)c1[nH]c2c(C#N)cccc2c(=O)c1Br. The number of H-pyrrole nitrogens is 1. The fraction of sp³-hybridized carbons (Fsp3) is 0.0833. The van der Waals surface area contributed by atoms with Gasteiger partial charge in [-0.2, -0.15) is 5.26 Å². The number of nitrogens with one attached hydrogen (secondary N) is 1. The van der Waals surface area contributed by atoms with Gasteiger partial charge in [0.05, 0.1) is 22.7 Å². The molecule has 90 valence electrons. The summed E-state index contributed by atoms with van der Waals surface area (Å²) in [6.45, 7) is 0. The first-order chi connectivity index (χ1) is 8.60. The van der Waals surface area contributed by atoms with Crippen molar-refractivity contribution in [1.29, 1.82) is 5.26 Å². The van der Waals surface area contributed by atoms with Gasteiger partial charge in [-0.05, 0) is 28.1 Å². The van der Waals surface area contributed by atoms with Crippen LogP contribution in [0.4, 0.5) is 0 Å². The van der Waals surface area contributed by atoms with E-state index >= 15 is 0 Å². The molecule has 1 aromatic carbocycles. The molecular weight excluding hydrogens is 300 g/mol. The van der Waals surface area contributed by atoms with Crippen molar-refractivity contribution in [3.05, 3.63) is 44.2 Å². The quantitative estimate of drug-likeness (QED) is 0.816. The highest BCUT2D eigenvalue weighted by molar-refractivity contribution is 9.10. The number of carbonyl (C=O) groups is 1. The maximum Gasteiger partial charge on any atom is 0.355 e. The fourth-order valence-electron chi connectivity index (χ4n) is 1.62. The van der Waals surface area contributed by atoms with Crippen molar-refractivity contribution in [2.24, 2.45) is 0 Å². The smallest absolute Gasteiger partial charge is 0.355 e. The molecule has 0 saturated heterocycles. The van der Waals surface area contributed by atoms with E-state index in [0.29, 0.717) is 16.5 Å². The third-order valence-electron chi connectivity index (χ3n) is 2.49. The average molecular weight is 307 g/mol. The Balaban J connectivity index is 2.94. The fourth-order valence-corrected chi connectivity index (χ4v) is 2.10. The highest BCUT2D eigenvalue weighted by Crippen LogP contribution is 2.19. The molecular formula is C12H7BrN2O3. The lowest BCUT2D eigenvalue weighted by Gasteiger charge is -2.06. The lowest BCUT2D eigenvalue weighted by molar-refractivity contribution is 0.0593. The molecule has 5 nitrogen and oxygen atoms in total. The number of nitrogens with zero attached hydrogens (tertiary/aromatic N) is 1. The second kappa shape index (κ2) is 4.63. The molecule has 0 aliphatic heterocycles. The van der Waals surface area contributed by atoms with Crippen LogP contribution >= 0.6 is 15.9 Å². The van der Waals surface area contributed by atoms with Gasteiger partial charge in [-0.25, -0.2) is 4.79 Å². The molecule has 2 aromatic rings. The van der Waals surface area contributed by atoms with Crippen LogP contribution in [0.5, 0.6) is 0 Å². The first-order valence-electron chi connectivity index (χ1n) is 4.93. The van der Waals surface area contributed by atoms with Crippen molar-refractivity contribution >= 4 is 32.8 Å². The number of aromatic nitrogens is 1. The van der Waals surface area contributed by atoms with Gasteiger partial charge in [0.15, 0.2) is 0 Å². The van der Waals surface area contributed by atoms with Gasteiger partial charge in [-0.1, -0.05) is 6.07 Å². The summed E-state index contributed by atoms with van der Waals surface area (Å²) in [7, 11) is 1.22. The van der Waals surface area contributed by atoms with Crippen molar-refractivity contribution in [1.82, 2.24) is 4.98 Å². The zero-order chi connectivity index (χ0) is 13.3. The third kappa shape index (κ3) is 1.79. The lowest BCUT2D eigenvalue weighted by Crippen LogP contribution is -2.14. The number of hydrogen-bond donors (Lipinski definition) is 1. The van der Waals surface area contributed by atoms with Crippen LogP contribution in [-0.4, -0.2) is 18.1 Å². The summed E-state index contributed by atoms with van der Waals surface area (Å²) in [6, 6.07) is 6.72. The molecule has 0 fully saturated rings. The molecule has 0 bridgehead atoms. The number of methoxy groups -OCH3 is 1. The van der Waals surface area contributed by atoms with Crippen LogP contribution in [0.25, 0.3) is 10.9 Å². The Morgan fingerprint density at radius 2 is 2.22 bits per heavy atom. The summed E-state index contributed by atoms with van der Waals surface area (Å²) in [6.07, 6.45) is 0. The van der Waals surface area contributed by atoms with E-state index in [1.165, 1.54) is 7.11 Å². The predicted octanol–water partition coefficient (Wildman–Crippen LogP) is 1.95. The molecule has 0 aliphatic carbocycles. The Morgan fingerprint density at radius 1 is 1.50 bits per heavy atom. The van der Waals surface area contributed by atoms with E-state index in [4.69, 9.17) is 5.26 Å². The number of pyridine rings is 1. The number of hydrogen-bond acceptors (Lipinski definition) is 4. The van der Waals surface area contributed by atoms with E-state index in [1.807, 2.05) is 6.07 Å². The summed E-state index contributed by atoms with van der Waals surface area (Å²) in [5.41, 5.74) is 0.259. The van der Waals surface area contributed by atoms with Crippen molar-refractivity contribution in [2.75, 3.05) is 7.11 Å². The Labute approximate surface area is 110 Å². The van der Waals surface area contributed by atoms with Crippen LogP contribution in [-0.2, 0) is 4.74 Å². The largest absolute Gasteiger partial charge is 0.464 e. The van der Waals surface area contributed by atoms with Gasteiger partial charge >= 0.3 is 5.97 Å². The van der Waals surface area contributed by atoms with Gasteiger partial charge < -0.3 is 9.72 Å². The molecule has 0 saturated carbocycles. The summed E-state index contributed by atoms with van der Waals surface area (Å²) < 4.78 is 4.67. The number of benzene rings is 1. The molecule has 0 atom stereocenters. The molecule has 1 aromatic heterocycles. The Hall–Kier alpha value is -2.13. The van der Waals surface area contributed by atoms with Crippen LogP contribution in [0.2, 0.25) is 0 Å². The van der Waals surface area contributed by atoms with Gasteiger partial charge in [0.2, 0.25) is 5.43 Å². The number of carbonyl (C=O) groups excluding carboxylic acids is 1. The highest BCUT2D eigenvalue weighted by atomic mass is 79.9. The molecule has 0 unspecified atom stereocenters. The monoisotopic (exact) mass is 306 g/mol. The molecule has 2 rings (SSSR count). The molecule has 1 heterocycles. The predicted molar refractivity (Wildman–Crippen MR) is 68.3 cm³/mol. The van der Waals surface area contributed by atoms with Gasteiger partial charge in [0.1, 0.15) is 11.8 Å². The minimum absolute atomic E-state index is 0.00213. The summed E-state index contributed by atoms with van der Waals surface area (Å²) in [4.78, 5) is 26.3. The van der Waals surface area contributed by atoms with E-state index < -0.39 is 5.97 Å². The van der Waals surface area contributed by atoms with Crippen molar-refractivity contribution < 1.29 is 9.53 Å². The topological polar surface area (TPSA) is 82.9 Å². The number of para-hydroxylation sites is 1. The normalized spacial score (nSPS) is 10.1. The van der Waals surface area contributed by atoms with E-state index in [0.717, 1.165) is 0 Å². The second-order valence-corrected chi connectivity index (χ2v) is 4.27. The summed E-state index contributed by atoms with van der Waals surface area (Å²) in [5, 5.41) is 9.32. The molecule has 6 heteroatoms. The minimum Gasteiger partial charge on any atom is -0.464 e. The van der Waals surface area contributed by atoms with E-state index in [-0.39, 0.29) is 15.6 Å². The Morgan fingerprint density at radius 3 is 2.83 bits per heavy atom. The summed E-state index contributed by atoms with van der Waals surface area (Å²) in [5.74, 6) is -0.673. The van der Waals surface area contributed by atoms with E-state index in [1.54, 1.807) is 18.2 Å². The molecule has 0 radical (unpaired) electrons. The number of ether oxygens (including phenoxy) is 1. The van der Waals surface area contributed by atoms with Crippen LogP contribution < -0.4 is 5.43 Å². The first-order valence-corrected chi connectivity index (χ1v) is 5.72. The molecule has 0 spiro atoms. The van der Waals surface area contributed by atoms with E-state index in [2.05, 4.69) is 25.7 Å². The van der Waals surface area contributed by atoms with Crippen molar-refractivity contribution in [3.63, 3.8) is 0 Å². The van der Waals surface area contributed by atoms with Gasteiger partial charge in [-0.15, -0.1) is 0 Å². The summed E-state index contributed by atoms with van der Waals surface area (Å²) >= 11 is 3.06. The van der Waals surface area contributed by atoms with Crippen molar-refractivity contribution in [2.45, 2.75) is 0 Å². The first kappa shape index (κ1) is 12.3. The van der Waals surface area contributed by atoms with Crippen LogP contribution in [0, 0.1) is 11.3 Å². The maximum absolute atomic E-state index is 12.1. The molecule has 0 aliphatic rings. The molecule has 18 heavy (non-hydrogen) atoms. The van der Waals surface area contributed by atoms with Gasteiger partial charge in [0.25, 0.3) is 0 Å². The highest BCUT2D eigenvalue weighted by Gasteiger charge is 2.17. The van der Waals surface area contributed by atoms with Crippen LogP contribution in [0.3, 0.4) is 0 Å². The van der Waals surface area contributed by atoms with Gasteiger partial charge in [-0.3, -0.25) is 4.79 Å². The lowest BCUT2D eigenvalue weighted by atomic mass is 10.1. The maximum atomic E-state index is 12.1. The third-order valence-corrected chi connectivity index (χ3v) is 3.24. The van der Waals surface area contributed by atoms with Crippen LogP contribution in [0.1, 0.15) is 16.1 Å². The van der Waals surface area contributed by atoms with Gasteiger partial charge in [0, 0.05) is 5.39 Å². The number of rotatable bonds is 1. The number of nitriles is 1.